The van der Waals surface area contributed by atoms with Crippen LogP contribution < -0.4 is 0 Å². The van der Waals surface area contributed by atoms with Crippen molar-refractivity contribution in [3.63, 3.8) is 0 Å². The maximum atomic E-state index is 4.93. The van der Waals surface area contributed by atoms with Crippen LogP contribution in [-0.4, -0.2) is 15.0 Å². The van der Waals surface area contributed by atoms with E-state index in [1.807, 2.05) is 72.0 Å². The van der Waals surface area contributed by atoms with E-state index in [2.05, 4.69) is 78.9 Å². The Hall–Kier alpha value is -5.19. The zero-order valence-corrected chi connectivity index (χ0v) is 22.8. The first-order chi connectivity index (χ1) is 20.3. The number of hydrogen-bond acceptors (Lipinski definition) is 4. The van der Waals surface area contributed by atoms with E-state index in [0.29, 0.717) is 17.5 Å². The maximum absolute atomic E-state index is 4.93. The Balaban J connectivity index is 1.26. The van der Waals surface area contributed by atoms with E-state index < -0.39 is 0 Å². The third kappa shape index (κ3) is 4.26. The molecule has 0 unspecified atom stereocenters. The van der Waals surface area contributed by atoms with Crippen molar-refractivity contribution in [2.45, 2.75) is 0 Å². The highest BCUT2D eigenvalue weighted by molar-refractivity contribution is 7.25. The van der Waals surface area contributed by atoms with Gasteiger partial charge < -0.3 is 0 Å². The number of fused-ring (bicyclic) bond motifs is 4. The molecule has 0 bridgehead atoms. The third-order valence-corrected chi connectivity index (χ3v) is 8.65. The smallest absolute Gasteiger partial charge is 0.164 e. The summed E-state index contributed by atoms with van der Waals surface area (Å²) in [6.07, 6.45) is 0. The van der Waals surface area contributed by atoms with Crippen molar-refractivity contribution in [3.8, 4) is 45.3 Å². The summed E-state index contributed by atoms with van der Waals surface area (Å²) in [5.41, 5.74) is 5.42. The molecule has 0 aliphatic rings. The molecule has 0 spiro atoms. The van der Waals surface area contributed by atoms with Gasteiger partial charge in [-0.3, -0.25) is 0 Å². The van der Waals surface area contributed by atoms with Gasteiger partial charge >= 0.3 is 0 Å². The molecule has 0 aliphatic heterocycles. The quantitative estimate of drug-likeness (QED) is 0.222. The van der Waals surface area contributed by atoms with Gasteiger partial charge in [0.1, 0.15) is 0 Å². The molecule has 4 heteroatoms. The largest absolute Gasteiger partial charge is 0.208 e. The van der Waals surface area contributed by atoms with E-state index >= 15 is 0 Å². The molecule has 8 rings (SSSR count). The zero-order valence-electron chi connectivity index (χ0n) is 22.0. The number of thiophene rings is 1. The number of benzene rings is 6. The lowest BCUT2D eigenvalue weighted by Gasteiger charge is -2.08. The Morgan fingerprint density at radius 3 is 1.54 bits per heavy atom. The van der Waals surface area contributed by atoms with Crippen LogP contribution in [0.25, 0.3) is 76.2 Å². The Bertz CT molecular complexity index is 2140. The normalized spacial score (nSPS) is 11.4. The summed E-state index contributed by atoms with van der Waals surface area (Å²) in [4.78, 5) is 14.7. The fourth-order valence-corrected chi connectivity index (χ4v) is 6.68. The summed E-state index contributed by atoms with van der Waals surface area (Å²) >= 11 is 1.81. The molecule has 6 aromatic carbocycles. The first-order valence-corrected chi connectivity index (χ1v) is 14.4. The monoisotopic (exact) mass is 541 g/mol. The molecule has 2 aromatic heterocycles. The van der Waals surface area contributed by atoms with Gasteiger partial charge in [-0.25, -0.2) is 15.0 Å². The number of hydrogen-bond donors (Lipinski definition) is 0. The Morgan fingerprint density at radius 2 is 0.878 bits per heavy atom. The first-order valence-electron chi connectivity index (χ1n) is 13.6. The fraction of sp³-hybridized carbons (Fsp3) is 0. The molecule has 8 aromatic rings. The number of aromatic nitrogens is 3. The van der Waals surface area contributed by atoms with Gasteiger partial charge in [0.15, 0.2) is 17.5 Å². The van der Waals surface area contributed by atoms with Crippen LogP contribution in [0.2, 0.25) is 0 Å². The highest BCUT2D eigenvalue weighted by Gasteiger charge is 2.14. The minimum Gasteiger partial charge on any atom is -0.208 e. The third-order valence-electron chi connectivity index (χ3n) is 7.53. The summed E-state index contributed by atoms with van der Waals surface area (Å²) in [6.45, 7) is 0. The van der Waals surface area contributed by atoms with Crippen molar-refractivity contribution in [2.24, 2.45) is 0 Å². The summed E-state index contributed by atoms with van der Waals surface area (Å²) in [7, 11) is 0. The van der Waals surface area contributed by atoms with Gasteiger partial charge in [-0.15, -0.1) is 11.3 Å². The minimum absolute atomic E-state index is 0.672. The van der Waals surface area contributed by atoms with Gasteiger partial charge in [-0.2, -0.15) is 0 Å². The average Bonchev–Trinajstić information content (AvgIpc) is 3.42. The van der Waals surface area contributed by atoms with Gasteiger partial charge in [0.05, 0.1) is 0 Å². The van der Waals surface area contributed by atoms with Gasteiger partial charge in [0.25, 0.3) is 0 Å². The van der Waals surface area contributed by atoms with Crippen molar-refractivity contribution in [3.05, 3.63) is 140 Å². The molecule has 192 valence electrons. The average molecular weight is 542 g/mol. The summed E-state index contributed by atoms with van der Waals surface area (Å²) < 4.78 is 2.49. The maximum Gasteiger partial charge on any atom is 0.164 e. The van der Waals surface area contributed by atoms with E-state index in [4.69, 9.17) is 15.0 Å². The molecule has 3 nitrogen and oxygen atoms in total. The highest BCUT2D eigenvalue weighted by atomic mass is 32.1. The number of rotatable bonds is 4. The summed E-state index contributed by atoms with van der Waals surface area (Å²) in [5, 5.41) is 5.05. The molecule has 0 fully saturated rings. The van der Waals surface area contributed by atoms with Gasteiger partial charge in [-0.05, 0) is 34.0 Å². The molecule has 0 saturated carbocycles. The molecule has 0 saturated heterocycles. The fourth-order valence-electron chi connectivity index (χ4n) is 5.50. The minimum atomic E-state index is 0.672. The lowest BCUT2D eigenvalue weighted by atomic mass is 9.97. The van der Waals surface area contributed by atoms with E-state index in [9.17, 15) is 0 Å². The first kappa shape index (κ1) is 23.7. The highest BCUT2D eigenvalue weighted by Crippen LogP contribution is 2.39. The SMILES string of the molecule is c1ccc(-c2nc(-c3ccccc3)nc(-c3ccc4c(c3)sc3cc(-c5cccc6ccccc56)ccc34)n2)cc1. The summed E-state index contributed by atoms with van der Waals surface area (Å²) in [6, 6.07) is 48.7. The second kappa shape index (κ2) is 9.77. The van der Waals surface area contributed by atoms with Crippen LogP contribution in [0.3, 0.4) is 0 Å². The van der Waals surface area contributed by atoms with E-state index in [1.165, 1.54) is 42.1 Å². The zero-order chi connectivity index (χ0) is 27.2. The Kier molecular flexibility index (Phi) is 5.64. The molecular weight excluding hydrogens is 518 g/mol. The lowest BCUT2D eigenvalue weighted by molar-refractivity contribution is 1.07. The topological polar surface area (TPSA) is 38.7 Å². The van der Waals surface area contributed by atoms with E-state index in [-0.39, 0.29) is 0 Å². The predicted octanol–water partition coefficient (Wildman–Crippen LogP) is 10.1. The van der Waals surface area contributed by atoms with Crippen LogP contribution in [-0.2, 0) is 0 Å². The molecule has 0 aliphatic carbocycles. The molecule has 0 amide bonds. The van der Waals surface area contributed by atoms with Gasteiger partial charge in [-0.1, -0.05) is 127 Å². The lowest BCUT2D eigenvalue weighted by Crippen LogP contribution is -1.99. The second-order valence-corrected chi connectivity index (χ2v) is 11.2. The van der Waals surface area contributed by atoms with Gasteiger partial charge in [0.2, 0.25) is 0 Å². The Labute approximate surface area is 241 Å². The molecule has 0 radical (unpaired) electrons. The van der Waals surface area contributed by atoms with Crippen molar-refractivity contribution in [1.82, 2.24) is 15.0 Å². The van der Waals surface area contributed by atoms with E-state index in [0.717, 1.165) is 16.7 Å². The molecule has 41 heavy (non-hydrogen) atoms. The molecule has 0 N–H and O–H groups in total. The van der Waals surface area contributed by atoms with Gasteiger partial charge in [0, 0.05) is 36.9 Å². The standard InChI is InChI=1S/C37H23N3S/c1-3-11-25(12-4-1)35-38-36(26-13-5-2-6-14-26)40-37(39-35)28-19-21-32-31-20-18-27(22-33(31)41-34(32)23-28)30-17-9-15-24-10-7-8-16-29(24)30/h1-23H. The summed E-state index contributed by atoms with van der Waals surface area (Å²) in [5.74, 6) is 2.02. The van der Waals surface area contributed by atoms with Crippen molar-refractivity contribution < 1.29 is 0 Å². The van der Waals surface area contributed by atoms with Crippen LogP contribution in [0.1, 0.15) is 0 Å². The predicted molar refractivity (Wildman–Crippen MR) is 172 cm³/mol. The molecule has 0 atom stereocenters. The van der Waals surface area contributed by atoms with Crippen molar-refractivity contribution in [2.75, 3.05) is 0 Å². The Morgan fingerprint density at radius 1 is 0.366 bits per heavy atom. The van der Waals surface area contributed by atoms with Crippen LogP contribution in [0.5, 0.6) is 0 Å². The van der Waals surface area contributed by atoms with Crippen LogP contribution in [0.4, 0.5) is 0 Å². The van der Waals surface area contributed by atoms with Crippen molar-refractivity contribution >= 4 is 42.3 Å². The van der Waals surface area contributed by atoms with Crippen molar-refractivity contribution in [1.29, 1.82) is 0 Å². The molecular formula is C37H23N3S. The molecule has 2 heterocycles. The second-order valence-electron chi connectivity index (χ2n) is 10.1. The number of nitrogens with zero attached hydrogens (tertiary/aromatic N) is 3. The van der Waals surface area contributed by atoms with Crippen LogP contribution in [0.15, 0.2) is 140 Å². The van der Waals surface area contributed by atoms with Crippen LogP contribution in [0, 0.1) is 0 Å². The van der Waals surface area contributed by atoms with E-state index in [1.54, 1.807) is 0 Å². The van der Waals surface area contributed by atoms with Crippen LogP contribution >= 0.6 is 11.3 Å².